The van der Waals surface area contributed by atoms with Crippen LogP contribution in [0, 0.1) is 5.82 Å². The molecule has 0 saturated heterocycles. The van der Waals surface area contributed by atoms with E-state index in [-0.39, 0.29) is 11.9 Å². The summed E-state index contributed by atoms with van der Waals surface area (Å²) in [5, 5.41) is 7.57. The van der Waals surface area contributed by atoms with Gasteiger partial charge in [0.2, 0.25) is 5.95 Å². The number of aromatic nitrogens is 3. The summed E-state index contributed by atoms with van der Waals surface area (Å²) >= 11 is 3.51. The zero-order valence-electron chi connectivity index (χ0n) is 13.3. The van der Waals surface area contributed by atoms with Gasteiger partial charge in [-0.2, -0.15) is 10.1 Å². The Labute approximate surface area is 152 Å². The summed E-state index contributed by atoms with van der Waals surface area (Å²) in [6, 6.07) is 12.0. The first-order valence-corrected chi connectivity index (χ1v) is 8.43. The Morgan fingerprint density at radius 1 is 1.20 bits per heavy atom. The number of allylic oxidation sites excluding steroid dienone is 1. The van der Waals surface area contributed by atoms with Gasteiger partial charge >= 0.3 is 0 Å². The van der Waals surface area contributed by atoms with E-state index in [1.54, 1.807) is 23.9 Å². The van der Waals surface area contributed by atoms with Crippen molar-refractivity contribution < 1.29 is 9.13 Å². The quantitative estimate of drug-likeness (QED) is 0.713. The van der Waals surface area contributed by atoms with Crippen LogP contribution < -0.4 is 10.1 Å². The van der Waals surface area contributed by atoms with Crippen molar-refractivity contribution >= 4 is 27.6 Å². The highest BCUT2D eigenvalue weighted by Crippen LogP contribution is 2.37. The van der Waals surface area contributed by atoms with Gasteiger partial charge in [-0.3, -0.25) is 0 Å². The van der Waals surface area contributed by atoms with Crippen molar-refractivity contribution in [1.82, 2.24) is 14.8 Å². The van der Waals surface area contributed by atoms with E-state index in [4.69, 9.17) is 4.74 Å². The van der Waals surface area contributed by atoms with E-state index in [2.05, 4.69) is 31.3 Å². The van der Waals surface area contributed by atoms with Crippen molar-refractivity contribution in [2.45, 2.75) is 6.04 Å². The molecule has 2 aromatic carbocycles. The van der Waals surface area contributed by atoms with Crippen LogP contribution in [0.2, 0.25) is 0 Å². The number of nitrogens with one attached hydrogen (secondary N) is 1. The number of fused-ring (bicyclic) bond motifs is 1. The molecule has 0 aliphatic carbocycles. The van der Waals surface area contributed by atoms with Crippen LogP contribution in [-0.2, 0) is 0 Å². The molecule has 1 aromatic heterocycles. The van der Waals surface area contributed by atoms with Gasteiger partial charge in [0, 0.05) is 15.7 Å². The number of nitrogens with zero attached hydrogens (tertiary/aromatic N) is 3. The van der Waals surface area contributed by atoms with Crippen LogP contribution in [0.1, 0.15) is 17.2 Å². The van der Waals surface area contributed by atoms with Gasteiger partial charge in [0.15, 0.2) is 0 Å². The lowest BCUT2D eigenvalue weighted by Crippen LogP contribution is -2.20. The smallest absolute Gasteiger partial charge is 0.226 e. The molecule has 1 atom stereocenters. The van der Waals surface area contributed by atoms with Crippen molar-refractivity contribution in [3.8, 4) is 5.75 Å². The molecule has 0 fully saturated rings. The molecule has 0 radical (unpaired) electrons. The number of rotatable bonds is 3. The van der Waals surface area contributed by atoms with Gasteiger partial charge in [0.1, 0.15) is 23.9 Å². The second-order valence-electron chi connectivity index (χ2n) is 5.57. The van der Waals surface area contributed by atoms with Crippen molar-refractivity contribution in [1.29, 1.82) is 0 Å². The molecule has 3 aromatic rings. The minimum absolute atomic E-state index is 0.203. The van der Waals surface area contributed by atoms with Crippen LogP contribution in [0.3, 0.4) is 0 Å². The van der Waals surface area contributed by atoms with E-state index in [0.29, 0.717) is 5.95 Å². The predicted molar refractivity (Wildman–Crippen MR) is 96.9 cm³/mol. The van der Waals surface area contributed by atoms with Crippen molar-refractivity contribution in [3.63, 3.8) is 0 Å². The summed E-state index contributed by atoms with van der Waals surface area (Å²) in [6.45, 7) is 0. The fraction of sp³-hybridized carbons (Fsp3) is 0.111. The molecule has 0 amide bonds. The van der Waals surface area contributed by atoms with Gasteiger partial charge in [0.05, 0.1) is 7.11 Å². The van der Waals surface area contributed by atoms with Crippen LogP contribution in [0.25, 0.3) is 5.70 Å². The van der Waals surface area contributed by atoms with Gasteiger partial charge in [-0.05, 0) is 54.1 Å². The first-order chi connectivity index (χ1) is 12.2. The molecule has 5 nitrogen and oxygen atoms in total. The Hall–Kier alpha value is -2.67. The maximum atomic E-state index is 13.2. The molecular formula is C18H14BrFN4O. The van der Waals surface area contributed by atoms with Gasteiger partial charge in [-0.15, -0.1) is 0 Å². The molecule has 126 valence electrons. The third-order valence-corrected chi connectivity index (χ3v) is 4.57. The Morgan fingerprint density at radius 3 is 2.76 bits per heavy atom. The van der Waals surface area contributed by atoms with E-state index in [0.717, 1.165) is 27.0 Å². The van der Waals surface area contributed by atoms with Crippen LogP contribution in [0.4, 0.5) is 10.3 Å². The van der Waals surface area contributed by atoms with Gasteiger partial charge in [-0.25, -0.2) is 9.07 Å². The summed E-state index contributed by atoms with van der Waals surface area (Å²) in [5.41, 5.74) is 2.66. The molecule has 1 aliphatic rings. The lowest BCUT2D eigenvalue weighted by Gasteiger charge is -2.25. The van der Waals surface area contributed by atoms with E-state index >= 15 is 0 Å². The molecule has 0 bridgehead atoms. The van der Waals surface area contributed by atoms with E-state index in [1.165, 1.54) is 18.5 Å². The molecule has 25 heavy (non-hydrogen) atoms. The third kappa shape index (κ3) is 2.91. The molecule has 1 N–H and O–H groups in total. The number of methoxy groups -OCH3 is 1. The third-order valence-electron chi connectivity index (χ3n) is 4.07. The maximum Gasteiger partial charge on any atom is 0.226 e. The van der Waals surface area contributed by atoms with Crippen molar-refractivity contribution in [3.05, 3.63) is 76.3 Å². The highest BCUT2D eigenvalue weighted by Gasteiger charge is 2.26. The second kappa shape index (κ2) is 6.33. The largest absolute Gasteiger partial charge is 0.496 e. The number of halogens is 2. The summed E-state index contributed by atoms with van der Waals surface area (Å²) in [5.74, 6) is 1.11. The highest BCUT2D eigenvalue weighted by molar-refractivity contribution is 9.10. The van der Waals surface area contributed by atoms with Crippen LogP contribution in [0.15, 0.2) is 59.3 Å². The molecule has 0 saturated carbocycles. The molecule has 4 rings (SSSR count). The Kier molecular flexibility index (Phi) is 4.01. The monoisotopic (exact) mass is 400 g/mol. The molecule has 2 heterocycles. The highest BCUT2D eigenvalue weighted by atomic mass is 79.9. The van der Waals surface area contributed by atoms with Crippen molar-refractivity contribution in [2.75, 3.05) is 12.4 Å². The summed E-state index contributed by atoms with van der Waals surface area (Å²) in [7, 11) is 1.64. The normalized spacial score (nSPS) is 16.0. The number of benzene rings is 2. The summed E-state index contributed by atoms with van der Waals surface area (Å²) in [6.07, 6.45) is 3.53. The van der Waals surface area contributed by atoms with Crippen molar-refractivity contribution in [2.24, 2.45) is 0 Å². The van der Waals surface area contributed by atoms with E-state index < -0.39 is 0 Å². The van der Waals surface area contributed by atoms with Crippen LogP contribution >= 0.6 is 15.9 Å². The lowest BCUT2D eigenvalue weighted by molar-refractivity contribution is 0.404. The first-order valence-electron chi connectivity index (χ1n) is 7.63. The topological polar surface area (TPSA) is 52.0 Å². The number of anilines is 1. The zero-order valence-corrected chi connectivity index (χ0v) is 14.9. The average molecular weight is 401 g/mol. The number of ether oxygens (including phenoxy) is 1. The number of hydrogen-bond donors (Lipinski definition) is 1. The maximum absolute atomic E-state index is 13.2. The zero-order chi connectivity index (χ0) is 17.4. The second-order valence-corrected chi connectivity index (χ2v) is 6.49. The molecular weight excluding hydrogens is 387 g/mol. The van der Waals surface area contributed by atoms with E-state index in [1.807, 2.05) is 24.3 Å². The Morgan fingerprint density at radius 2 is 2.00 bits per heavy atom. The molecule has 7 heteroatoms. The lowest BCUT2D eigenvalue weighted by atomic mass is 10.0. The van der Waals surface area contributed by atoms with Gasteiger partial charge < -0.3 is 10.1 Å². The predicted octanol–water partition coefficient (Wildman–Crippen LogP) is 4.24. The molecule has 0 spiro atoms. The first kappa shape index (κ1) is 15.8. The van der Waals surface area contributed by atoms with Crippen LogP contribution in [0.5, 0.6) is 5.75 Å². The minimum atomic E-state index is -0.270. The van der Waals surface area contributed by atoms with Gasteiger partial charge in [0.25, 0.3) is 0 Å². The van der Waals surface area contributed by atoms with E-state index in [9.17, 15) is 4.39 Å². The minimum Gasteiger partial charge on any atom is -0.496 e. The fourth-order valence-electron chi connectivity index (χ4n) is 2.89. The summed E-state index contributed by atoms with van der Waals surface area (Å²) < 4.78 is 21.5. The molecule has 1 aliphatic heterocycles. The standard InChI is InChI=1S/C18H14BrFN4O/c1-25-17-7-4-12(19)8-14(17)16-9-15(11-2-5-13(20)6-3-11)23-18-21-10-22-24(16)18/h2-10,16H,1H3,(H,21,22,23). The number of hydrogen-bond acceptors (Lipinski definition) is 4. The SMILES string of the molecule is COc1ccc(Br)cc1C1C=C(c2ccc(F)cc2)Nc2ncnn21. The fourth-order valence-corrected chi connectivity index (χ4v) is 3.27. The average Bonchev–Trinajstić information content (AvgIpc) is 3.10. The molecule has 1 unspecified atom stereocenters. The van der Waals surface area contributed by atoms with Crippen LogP contribution in [-0.4, -0.2) is 21.9 Å². The van der Waals surface area contributed by atoms with Gasteiger partial charge in [-0.1, -0.05) is 15.9 Å². The Balaban J connectivity index is 1.85. The Bertz CT molecular complexity index is 952. The summed E-state index contributed by atoms with van der Waals surface area (Å²) in [4.78, 5) is 4.28.